The SMILES string of the molecule is CCN1C(=O)c2cccc3c(NC(=O)c4cc(OC)cc(OC)c4)ccc1c23. The molecular formula is C22H20N2O4. The topological polar surface area (TPSA) is 67.9 Å². The van der Waals surface area contributed by atoms with Crippen LogP contribution in [0, 0.1) is 0 Å². The van der Waals surface area contributed by atoms with Gasteiger partial charge in [-0.15, -0.1) is 0 Å². The number of carbonyl (C=O) groups excluding carboxylic acids is 2. The molecule has 0 radical (unpaired) electrons. The number of hydrogen-bond acceptors (Lipinski definition) is 4. The average Bonchev–Trinajstić information content (AvgIpc) is 3.01. The van der Waals surface area contributed by atoms with E-state index in [1.165, 1.54) is 14.2 Å². The van der Waals surface area contributed by atoms with Crippen molar-refractivity contribution in [2.75, 3.05) is 31.0 Å². The normalized spacial score (nSPS) is 12.4. The van der Waals surface area contributed by atoms with Crippen LogP contribution in [0.25, 0.3) is 10.8 Å². The molecule has 0 bridgehead atoms. The van der Waals surface area contributed by atoms with Crippen LogP contribution in [0.15, 0.2) is 48.5 Å². The van der Waals surface area contributed by atoms with E-state index in [2.05, 4.69) is 5.32 Å². The maximum atomic E-state index is 12.9. The number of methoxy groups -OCH3 is 2. The fourth-order valence-electron chi connectivity index (χ4n) is 3.60. The van der Waals surface area contributed by atoms with Crippen LogP contribution in [-0.2, 0) is 0 Å². The highest BCUT2D eigenvalue weighted by atomic mass is 16.5. The van der Waals surface area contributed by atoms with Gasteiger partial charge in [0, 0.05) is 40.2 Å². The molecule has 3 aromatic carbocycles. The van der Waals surface area contributed by atoms with Gasteiger partial charge in [0.25, 0.3) is 11.8 Å². The number of benzene rings is 3. The summed E-state index contributed by atoms with van der Waals surface area (Å²) in [4.78, 5) is 27.2. The lowest BCUT2D eigenvalue weighted by Crippen LogP contribution is -2.25. The number of carbonyl (C=O) groups is 2. The maximum absolute atomic E-state index is 12.9. The molecule has 0 atom stereocenters. The number of rotatable bonds is 5. The third kappa shape index (κ3) is 2.74. The number of nitrogens with zero attached hydrogens (tertiary/aromatic N) is 1. The molecule has 0 saturated heterocycles. The second kappa shape index (κ2) is 6.88. The number of ether oxygens (including phenoxy) is 2. The first kappa shape index (κ1) is 17.9. The van der Waals surface area contributed by atoms with Gasteiger partial charge in [0.05, 0.1) is 19.9 Å². The summed E-state index contributed by atoms with van der Waals surface area (Å²) in [5.41, 5.74) is 2.61. The Hall–Kier alpha value is -3.54. The molecule has 6 nitrogen and oxygen atoms in total. The molecule has 0 fully saturated rings. The summed E-state index contributed by atoms with van der Waals surface area (Å²) in [6.07, 6.45) is 0. The largest absolute Gasteiger partial charge is 0.497 e. The highest BCUT2D eigenvalue weighted by Crippen LogP contribution is 2.40. The van der Waals surface area contributed by atoms with Gasteiger partial charge >= 0.3 is 0 Å². The van der Waals surface area contributed by atoms with Crippen LogP contribution in [0.4, 0.5) is 11.4 Å². The predicted molar refractivity (Wildman–Crippen MR) is 109 cm³/mol. The van der Waals surface area contributed by atoms with Crippen LogP contribution in [0.3, 0.4) is 0 Å². The summed E-state index contributed by atoms with van der Waals surface area (Å²) in [6, 6.07) is 14.3. The Balaban J connectivity index is 1.75. The first-order valence-corrected chi connectivity index (χ1v) is 8.99. The van der Waals surface area contributed by atoms with Crippen molar-refractivity contribution in [2.45, 2.75) is 6.92 Å². The minimum Gasteiger partial charge on any atom is -0.497 e. The minimum absolute atomic E-state index is 0.0101. The van der Waals surface area contributed by atoms with Gasteiger partial charge in [-0.2, -0.15) is 0 Å². The first-order chi connectivity index (χ1) is 13.6. The Morgan fingerprint density at radius 2 is 1.75 bits per heavy atom. The van der Waals surface area contributed by atoms with Gasteiger partial charge in [0.1, 0.15) is 11.5 Å². The van der Waals surface area contributed by atoms with Crippen molar-refractivity contribution < 1.29 is 19.1 Å². The van der Waals surface area contributed by atoms with Crippen molar-refractivity contribution >= 4 is 34.0 Å². The average molecular weight is 376 g/mol. The minimum atomic E-state index is -0.283. The number of amides is 2. The molecule has 1 aliphatic heterocycles. The quantitative estimate of drug-likeness (QED) is 0.728. The molecule has 6 heteroatoms. The predicted octanol–water partition coefficient (Wildman–Crippen LogP) is 4.09. The lowest BCUT2D eigenvalue weighted by atomic mass is 10.0. The monoisotopic (exact) mass is 376 g/mol. The third-order valence-corrected chi connectivity index (χ3v) is 4.96. The zero-order chi connectivity index (χ0) is 19.8. The van der Waals surface area contributed by atoms with Crippen molar-refractivity contribution in [1.29, 1.82) is 0 Å². The number of anilines is 2. The fraction of sp³-hybridized carbons (Fsp3) is 0.182. The van der Waals surface area contributed by atoms with Crippen molar-refractivity contribution in [3.8, 4) is 11.5 Å². The van der Waals surface area contributed by atoms with Gasteiger partial charge < -0.3 is 19.7 Å². The molecule has 0 aliphatic carbocycles. The van der Waals surface area contributed by atoms with Crippen LogP contribution in [0.1, 0.15) is 27.6 Å². The summed E-state index contributed by atoms with van der Waals surface area (Å²) in [5.74, 6) is 0.780. The molecule has 2 amide bonds. The molecule has 1 aliphatic rings. The van der Waals surface area contributed by atoms with Gasteiger partial charge in [0.15, 0.2) is 0 Å². The smallest absolute Gasteiger partial charge is 0.258 e. The van der Waals surface area contributed by atoms with E-state index in [-0.39, 0.29) is 11.8 Å². The Bertz CT molecular complexity index is 1080. The van der Waals surface area contributed by atoms with E-state index in [4.69, 9.17) is 9.47 Å². The Morgan fingerprint density at radius 3 is 2.39 bits per heavy atom. The van der Waals surface area contributed by atoms with E-state index in [1.807, 2.05) is 37.3 Å². The zero-order valence-corrected chi connectivity index (χ0v) is 15.9. The molecule has 142 valence electrons. The molecule has 4 rings (SSSR count). The van der Waals surface area contributed by atoms with E-state index in [9.17, 15) is 9.59 Å². The van der Waals surface area contributed by atoms with Gasteiger partial charge in [-0.1, -0.05) is 12.1 Å². The molecule has 0 spiro atoms. The summed E-state index contributed by atoms with van der Waals surface area (Å²) in [7, 11) is 3.08. The third-order valence-electron chi connectivity index (χ3n) is 4.96. The van der Waals surface area contributed by atoms with Crippen LogP contribution < -0.4 is 19.7 Å². The van der Waals surface area contributed by atoms with Crippen LogP contribution in [0.5, 0.6) is 11.5 Å². The van der Waals surface area contributed by atoms with Crippen molar-refractivity contribution in [1.82, 2.24) is 0 Å². The summed E-state index contributed by atoms with van der Waals surface area (Å²) in [6.45, 7) is 2.54. The van der Waals surface area contributed by atoms with E-state index in [1.54, 1.807) is 23.1 Å². The molecule has 1 N–H and O–H groups in total. The van der Waals surface area contributed by atoms with E-state index in [0.29, 0.717) is 34.9 Å². The van der Waals surface area contributed by atoms with Crippen molar-refractivity contribution in [2.24, 2.45) is 0 Å². The molecule has 0 unspecified atom stereocenters. The Labute approximate surface area is 162 Å². The summed E-state index contributed by atoms with van der Waals surface area (Å²) in [5, 5.41) is 4.66. The molecule has 0 saturated carbocycles. The fourth-order valence-corrected chi connectivity index (χ4v) is 3.60. The van der Waals surface area contributed by atoms with Crippen molar-refractivity contribution in [3.63, 3.8) is 0 Å². The van der Waals surface area contributed by atoms with Gasteiger partial charge in [0.2, 0.25) is 0 Å². The standard InChI is InChI=1S/C22H20N2O4/c1-4-24-19-9-8-18(16-6-5-7-17(20(16)19)22(24)26)23-21(25)13-10-14(27-2)12-15(11-13)28-3/h5-12H,4H2,1-3H3,(H,23,25). The molecular weight excluding hydrogens is 356 g/mol. The van der Waals surface area contributed by atoms with E-state index in [0.717, 1.165) is 16.5 Å². The summed E-state index contributed by atoms with van der Waals surface area (Å²) >= 11 is 0. The van der Waals surface area contributed by atoms with Crippen LogP contribution in [-0.4, -0.2) is 32.6 Å². The molecule has 1 heterocycles. The zero-order valence-electron chi connectivity index (χ0n) is 15.9. The first-order valence-electron chi connectivity index (χ1n) is 8.99. The van der Waals surface area contributed by atoms with Gasteiger partial charge in [-0.3, -0.25) is 9.59 Å². The highest BCUT2D eigenvalue weighted by Gasteiger charge is 2.29. The lowest BCUT2D eigenvalue weighted by Gasteiger charge is -2.16. The number of nitrogens with one attached hydrogen (secondary N) is 1. The van der Waals surface area contributed by atoms with E-state index >= 15 is 0 Å². The maximum Gasteiger partial charge on any atom is 0.258 e. The highest BCUT2D eigenvalue weighted by molar-refractivity contribution is 6.27. The van der Waals surface area contributed by atoms with Crippen molar-refractivity contribution in [3.05, 3.63) is 59.7 Å². The van der Waals surface area contributed by atoms with Crippen LogP contribution >= 0.6 is 0 Å². The summed E-state index contributed by atoms with van der Waals surface area (Å²) < 4.78 is 10.5. The molecule has 3 aromatic rings. The Kier molecular flexibility index (Phi) is 4.39. The van der Waals surface area contributed by atoms with E-state index < -0.39 is 0 Å². The van der Waals surface area contributed by atoms with Crippen LogP contribution in [0.2, 0.25) is 0 Å². The molecule has 28 heavy (non-hydrogen) atoms. The molecule has 0 aromatic heterocycles. The Morgan fingerprint density at radius 1 is 1.04 bits per heavy atom. The number of hydrogen-bond donors (Lipinski definition) is 1. The second-order valence-corrected chi connectivity index (χ2v) is 6.47. The lowest BCUT2D eigenvalue weighted by molar-refractivity contribution is 0.0992. The van der Waals surface area contributed by atoms with Gasteiger partial charge in [-0.05, 0) is 37.3 Å². The second-order valence-electron chi connectivity index (χ2n) is 6.47. The van der Waals surface area contributed by atoms with Gasteiger partial charge in [-0.25, -0.2) is 0 Å².